The Morgan fingerprint density at radius 2 is 2.13 bits per heavy atom. The second-order valence-electron chi connectivity index (χ2n) is 5.55. The summed E-state index contributed by atoms with van der Waals surface area (Å²) in [4.78, 5) is 16.2. The zero-order chi connectivity index (χ0) is 16.8. The number of benzene rings is 1. The number of halogens is 1. The summed E-state index contributed by atoms with van der Waals surface area (Å²) in [6.45, 7) is 3.78. The summed E-state index contributed by atoms with van der Waals surface area (Å²) >= 11 is 0. The van der Waals surface area contributed by atoms with Gasteiger partial charge >= 0.3 is 0 Å². The van der Waals surface area contributed by atoms with Crippen LogP contribution in [0.25, 0.3) is 0 Å². The highest BCUT2D eigenvalue weighted by Gasteiger charge is 2.15. The van der Waals surface area contributed by atoms with Gasteiger partial charge in [0.15, 0.2) is 0 Å². The van der Waals surface area contributed by atoms with Gasteiger partial charge in [-0.05, 0) is 49.6 Å². The number of rotatable bonds is 6. The maximum absolute atomic E-state index is 13.4. The van der Waals surface area contributed by atoms with E-state index >= 15 is 0 Å². The van der Waals surface area contributed by atoms with Gasteiger partial charge in [0.1, 0.15) is 11.6 Å². The minimum atomic E-state index is -0.354. The topological polar surface area (TPSA) is 51.2 Å². The van der Waals surface area contributed by atoms with Crippen molar-refractivity contribution in [1.29, 1.82) is 0 Å². The summed E-state index contributed by atoms with van der Waals surface area (Å²) in [5.41, 5.74) is 2.72. The Morgan fingerprint density at radius 1 is 1.35 bits per heavy atom. The number of hydrogen-bond acceptors (Lipinski definition) is 3. The minimum absolute atomic E-state index is 0.0923. The van der Waals surface area contributed by atoms with Gasteiger partial charge in [0.25, 0.3) is 0 Å². The average Bonchev–Trinajstić information content (AvgIpc) is 2.53. The second-order valence-corrected chi connectivity index (χ2v) is 5.55. The first-order chi connectivity index (χ1) is 11.0. The van der Waals surface area contributed by atoms with E-state index in [0.29, 0.717) is 24.2 Å². The Kier molecular flexibility index (Phi) is 5.68. The maximum atomic E-state index is 13.4. The number of nitrogens with zero attached hydrogens (tertiary/aromatic N) is 1. The maximum Gasteiger partial charge on any atom is 0.220 e. The highest BCUT2D eigenvalue weighted by atomic mass is 19.1. The van der Waals surface area contributed by atoms with E-state index in [1.165, 1.54) is 19.2 Å². The number of carbonyl (C=O) groups is 1. The summed E-state index contributed by atoms with van der Waals surface area (Å²) in [6.07, 6.45) is 4.52. The lowest BCUT2D eigenvalue weighted by Gasteiger charge is -2.17. The molecule has 1 amide bonds. The average molecular weight is 316 g/mol. The van der Waals surface area contributed by atoms with Crippen molar-refractivity contribution >= 4 is 5.91 Å². The van der Waals surface area contributed by atoms with Gasteiger partial charge in [-0.25, -0.2) is 4.39 Å². The third kappa shape index (κ3) is 4.77. The Hall–Kier alpha value is -2.43. The standard InChI is InChI=1S/C18H21FN2O2/c1-12-8-14(11-20-10-12)4-7-18(22)21-13(2)16-9-15(19)5-6-17(16)23-3/h5-6,8-11,13H,4,7H2,1-3H3,(H,21,22). The SMILES string of the molecule is COc1ccc(F)cc1C(C)NC(=O)CCc1cncc(C)c1. The molecule has 0 aliphatic rings. The van der Waals surface area contributed by atoms with Gasteiger partial charge in [-0.15, -0.1) is 0 Å². The zero-order valence-corrected chi connectivity index (χ0v) is 13.6. The van der Waals surface area contributed by atoms with Crippen molar-refractivity contribution < 1.29 is 13.9 Å². The van der Waals surface area contributed by atoms with Gasteiger partial charge < -0.3 is 10.1 Å². The van der Waals surface area contributed by atoms with Crippen LogP contribution in [-0.4, -0.2) is 18.0 Å². The Balaban J connectivity index is 1.96. The molecule has 122 valence electrons. The third-order valence-corrected chi connectivity index (χ3v) is 3.61. The highest BCUT2D eigenvalue weighted by Crippen LogP contribution is 2.25. The number of pyridine rings is 1. The molecule has 0 aliphatic carbocycles. The van der Waals surface area contributed by atoms with E-state index < -0.39 is 0 Å². The summed E-state index contributed by atoms with van der Waals surface area (Å²) in [5.74, 6) is 0.111. The molecule has 0 fully saturated rings. The molecule has 0 saturated heterocycles. The number of hydrogen-bond donors (Lipinski definition) is 1. The van der Waals surface area contributed by atoms with Gasteiger partial charge in [-0.2, -0.15) is 0 Å². The van der Waals surface area contributed by atoms with Crippen molar-refractivity contribution in [1.82, 2.24) is 10.3 Å². The van der Waals surface area contributed by atoms with Gasteiger partial charge in [-0.3, -0.25) is 9.78 Å². The quantitative estimate of drug-likeness (QED) is 0.889. The molecule has 1 N–H and O–H groups in total. The molecule has 1 atom stereocenters. The van der Waals surface area contributed by atoms with Crippen molar-refractivity contribution in [3.05, 3.63) is 59.2 Å². The molecule has 4 nitrogen and oxygen atoms in total. The largest absolute Gasteiger partial charge is 0.496 e. The molecule has 1 unspecified atom stereocenters. The lowest BCUT2D eigenvalue weighted by Crippen LogP contribution is -2.27. The van der Waals surface area contributed by atoms with Crippen molar-refractivity contribution in [2.75, 3.05) is 7.11 Å². The predicted molar refractivity (Wildman–Crippen MR) is 86.8 cm³/mol. The number of amides is 1. The minimum Gasteiger partial charge on any atom is -0.496 e. The second kappa shape index (κ2) is 7.72. The van der Waals surface area contributed by atoms with Gasteiger partial charge in [0.05, 0.1) is 13.2 Å². The molecule has 0 bridgehead atoms. The predicted octanol–water partition coefficient (Wildman–Crippen LogP) is 3.35. The summed E-state index contributed by atoms with van der Waals surface area (Å²) in [6, 6.07) is 5.96. The van der Waals surface area contributed by atoms with E-state index in [1.54, 1.807) is 18.5 Å². The molecule has 23 heavy (non-hydrogen) atoms. The van der Waals surface area contributed by atoms with E-state index in [1.807, 2.05) is 19.9 Å². The van der Waals surface area contributed by atoms with E-state index in [2.05, 4.69) is 10.3 Å². The fourth-order valence-corrected chi connectivity index (χ4v) is 2.45. The van der Waals surface area contributed by atoms with Crippen molar-refractivity contribution in [2.24, 2.45) is 0 Å². The molecule has 2 aromatic rings. The molecule has 0 saturated carbocycles. The van der Waals surface area contributed by atoms with Crippen LogP contribution < -0.4 is 10.1 Å². The van der Waals surface area contributed by atoms with E-state index in [9.17, 15) is 9.18 Å². The van der Waals surface area contributed by atoms with Gasteiger partial charge in [-0.1, -0.05) is 6.07 Å². The van der Waals surface area contributed by atoms with Crippen LogP contribution in [0.1, 0.15) is 36.1 Å². The third-order valence-electron chi connectivity index (χ3n) is 3.61. The van der Waals surface area contributed by atoms with Gasteiger partial charge in [0.2, 0.25) is 5.91 Å². The number of aromatic nitrogens is 1. The summed E-state index contributed by atoms with van der Waals surface area (Å²) in [5, 5.41) is 2.88. The van der Waals surface area contributed by atoms with E-state index in [0.717, 1.165) is 11.1 Å². The highest BCUT2D eigenvalue weighted by molar-refractivity contribution is 5.76. The van der Waals surface area contributed by atoms with Crippen molar-refractivity contribution in [3.63, 3.8) is 0 Å². The summed E-state index contributed by atoms with van der Waals surface area (Å²) in [7, 11) is 1.52. The van der Waals surface area contributed by atoms with Crippen LogP contribution in [0, 0.1) is 12.7 Å². The molecular formula is C18H21FN2O2. The number of carbonyl (C=O) groups excluding carboxylic acids is 1. The molecule has 1 heterocycles. The lowest BCUT2D eigenvalue weighted by atomic mass is 10.1. The smallest absolute Gasteiger partial charge is 0.220 e. The number of ether oxygens (including phenoxy) is 1. The molecule has 1 aromatic carbocycles. The molecule has 5 heteroatoms. The van der Waals surface area contributed by atoms with Crippen molar-refractivity contribution in [3.8, 4) is 5.75 Å². The summed E-state index contributed by atoms with van der Waals surface area (Å²) < 4.78 is 18.6. The Bertz CT molecular complexity index is 688. The van der Waals surface area contributed by atoms with Gasteiger partial charge in [0, 0.05) is 24.4 Å². The van der Waals surface area contributed by atoms with E-state index in [-0.39, 0.29) is 17.8 Å². The number of nitrogens with one attached hydrogen (secondary N) is 1. The van der Waals surface area contributed by atoms with E-state index in [4.69, 9.17) is 4.74 Å². The fraction of sp³-hybridized carbons (Fsp3) is 0.333. The molecule has 0 aliphatic heterocycles. The zero-order valence-electron chi connectivity index (χ0n) is 13.6. The number of methoxy groups -OCH3 is 1. The first-order valence-electron chi connectivity index (χ1n) is 7.53. The molecule has 2 rings (SSSR count). The Morgan fingerprint density at radius 3 is 2.83 bits per heavy atom. The first-order valence-corrected chi connectivity index (χ1v) is 7.53. The monoisotopic (exact) mass is 316 g/mol. The van der Waals surface area contributed by atoms with Crippen LogP contribution in [0.4, 0.5) is 4.39 Å². The van der Waals surface area contributed by atoms with Crippen LogP contribution in [-0.2, 0) is 11.2 Å². The lowest BCUT2D eigenvalue weighted by molar-refractivity contribution is -0.121. The number of aryl methyl sites for hydroxylation is 2. The molecular weight excluding hydrogens is 295 g/mol. The van der Waals surface area contributed by atoms with Crippen LogP contribution in [0.3, 0.4) is 0 Å². The van der Waals surface area contributed by atoms with Crippen LogP contribution in [0.2, 0.25) is 0 Å². The Labute approximate surface area is 135 Å². The van der Waals surface area contributed by atoms with Crippen LogP contribution in [0.15, 0.2) is 36.7 Å². The molecule has 0 spiro atoms. The van der Waals surface area contributed by atoms with Crippen molar-refractivity contribution in [2.45, 2.75) is 32.7 Å². The molecule has 0 radical (unpaired) electrons. The normalized spacial score (nSPS) is 11.8. The fourth-order valence-electron chi connectivity index (χ4n) is 2.45. The van der Waals surface area contributed by atoms with Crippen LogP contribution in [0.5, 0.6) is 5.75 Å². The van der Waals surface area contributed by atoms with Crippen LogP contribution >= 0.6 is 0 Å². The molecule has 1 aromatic heterocycles. The first kappa shape index (κ1) is 16.9.